The molecule has 3 heterocycles. The Morgan fingerprint density at radius 3 is 1.18 bits per heavy atom. The van der Waals surface area contributed by atoms with Gasteiger partial charge in [-0.25, -0.2) is 0 Å². The maximum atomic E-state index is 11.6. The Morgan fingerprint density at radius 1 is 0.590 bits per heavy atom. The van der Waals surface area contributed by atoms with Gasteiger partial charge in [0, 0.05) is 19.6 Å². The minimum Gasteiger partial charge on any atom is -0.463 e. The Hall–Kier alpha value is -1.71. The van der Waals surface area contributed by atoms with E-state index in [1.807, 2.05) is 62.3 Å². The van der Waals surface area contributed by atoms with E-state index in [4.69, 9.17) is 28.4 Å². The third kappa shape index (κ3) is 13.5. The first-order chi connectivity index (χ1) is 18.2. The fourth-order valence-corrected chi connectivity index (χ4v) is 2.88. The Balaban J connectivity index is 0.000000293. The van der Waals surface area contributed by atoms with E-state index in [-0.39, 0.29) is 52.5 Å². The van der Waals surface area contributed by atoms with Gasteiger partial charge >= 0.3 is 17.9 Å². The second-order valence-corrected chi connectivity index (χ2v) is 12.4. The van der Waals surface area contributed by atoms with E-state index in [1.165, 1.54) is 0 Å². The quantitative estimate of drug-likeness (QED) is 0.180. The molecule has 3 fully saturated rings. The zero-order valence-corrected chi connectivity index (χ0v) is 25.9. The molecular weight excluding hydrogens is 504 g/mol. The lowest BCUT2D eigenvalue weighted by Gasteiger charge is -2.28. The lowest BCUT2D eigenvalue weighted by atomic mass is 9.91. The van der Waals surface area contributed by atoms with Crippen LogP contribution in [0.4, 0.5) is 0 Å². The Labute approximate surface area is 235 Å². The van der Waals surface area contributed by atoms with E-state index in [0.29, 0.717) is 19.8 Å². The van der Waals surface area contributed by atoms with Gasteiger partial charge in [0.1, 0.15) is 25.9 Å². The fourth-order valence-electron chi connectivity index (χ4n) is 2.88. The van der Waals surface area contributed by atoms with Crippen LogP contribution in [0.5, 0.6) is 0 Å². The molecule has 3 atom stereocenters. The second-order valence-electron chi connectivity index (χ2n) is 12.4. The lowest BCUT2D eigenvalue weighted by molar-refractivity contribution is -0.164. The zero-order chi connectivity index (χ0) is 29.7. The standard InChI is InChI=1S/C11H20O3.C10H18O3.C9H16O3/c1-4-11(2,3)10(12)14-8-9-6-5-7-13-9;1-4-10(2,3)9(11)13-7-8-5-6-12-8;1-4-9(2,3)8(10)12-6-7-5-11-7/h9H,4-8H2,1-3H3;8H,4-7H2,1-3H3;7H,4-6H2,1-3H3. The zero-order valence-electron chi connectivity index (χ0n) is 25.9. The first kappa shape index (κ1) is 35.3. The number of rotatable bonds is 12. The third-order valence-corrected chi connectivity index (χ3v) is 7.73. The van der Waals surface area contributed by atoms with Crippen LogP contribution in [-0.4, -0.2) is 75.9 Å². The fraction of sp³-hybridized carbons (Fsp3) is 0.900. The number of carbonyl (C=O) groups is 3. The molecule has 0 aromatic heterocycles. The SMILES string of the molecule is CCC(C)(C)C(=O)OCC1CCCO1.CCC(C)(C)C(=O)OCC1CCO1.CCC(C)(C)C(=O)OCC1CO1. The van der Waals surface area contributed by atoms with Crippen molar-refractivity contribution in [3.8, 4) is 0 Å². The molecule has 0 spiro atoms. The summed E-state index contributed by atoms with van der Waals surface area (Å²) >= 11 is 0. The first-order valence-corrected chi connectivity index (χ1v) is 14.5. The van der Waals surface area contributed by atoms with Crippen LogP contribution < -0.4 is 0 Å². The molecule has 0 radical (unpaired) electrons. The molecule has 0 saturated carbocycles. The van der Waals surface area contributed by atoms with Crippen LogP contribution in [0.25, 0.3) is 0 Å². The van der Waals surface area contributed by atoms with Crippen molar-refractivity contribution < 1.29 is 42.8 Å². The van der Waals surface area contributed by atoms with Gasteiger partial charge in [0.2, 0.25) is 0 Å². The van der Waals surface area contributed by atoms with Crippen molar-refractivity contribution in [3.05, 3.63) is 0 Å². The monoisotopic (exact) mass is 558 g/mol. The largest absolute Gasteiger partial charge is 0.463 e. The van der Waals surface area contributed by atoms with E-state index < -0.39 is 0 Å². The molecule has 3 rings (SSSR count). The van der Waals surface area contributed by atoms with Crippen LogP contribution in [0, 0.1) is 16.2 Å². The molecule has 3 aliphatic heterocycles. The van der Waals surface area contributed by atoms with E-state index in [2.05, 4.69) is 0 Å². The Morgan fingerprint density at radius 2 is 0.923 bits per heavy atom. The van der Waals surface area contributed by atoms with Crippen LogP contribution in [-0.2, 0) is 42.8 Å². The van der Waals surface area contributed by atoms with Gasteiger partial charge in [0.15, 0.2) is 0 Å². The highest BCUT2D eigenvalue weighted by molar-refractivity contribution is 5.76. The van der Waals surface area contributed by atoms with Crippen molar-refractivity contribution in [2.75, 3.05) is 39.6 Å². The molecule has 0 N–H and O–H groups in total. The average Bonchev–Trinajstić information content (AvgIpc) is 3.57. The molecule has 0 aromatic carbocycles. The molecular formula is C30H54O9. The lowest BCUT2D eigenvalue weighted by Crippen LogP contribution is -2.35. The summed E-state index contributed by atoms with van der Waals surface area (Å²) in [5.41, 5.74) is -1.07. The van der Waals surface area contributed by atoms with E-state index in [9.17, 15) is 14.4 Å². The number of ether oxygens (including phenoxy) is 6. The summed E-state index contributed by atoms with van der Waals surface area (Å²) in [7, 11) is 0. The van der Waals surface area contributed by atoms with Crippen LogP contribution >= 0.6 is 0 Å². The van der Waals surface area contributed by atoms with Crippen molar-refractivity contribution in [2.45, 2.75) is 119 Å². The maximum Gasteiger partial charge on any atom is 0.311 e. The summed E-state index contributed by atoms with van der Waals surface area (Å²) in [6, 6.07) is 0. The molecule has 228 valence electrons. The van der Waals surface area contributed by atoms with Gasteiger partial charge < -0.3 is 28.4 Å². The molecule has 9 nitrogen and oxygen atoms in total. The molecule has 0 amide bonds. The van der Waals surface area contributed by atoms with Gasteiger partial charge in [0.05, 0.1) is 35.1 Å². The predicted octanol–water partition coefficient (Wildman–Crippen LogP) is 5.26. The molecule has 39 heavy (non-hydrogen) atoms. The van der Waals surface area contributed by atoms with Crippen molar-refractivity contribution >= 4 is 17.9 Å². The maximum absolute atomic E-state index is 11.6. The van der Waals surface area contributed by atoms with Gasteiger partial charge in [0.25, 0.3) is 0 Å². The van der Waals surface area contributed by atoms with E-state index >= 15 is 0 Å². The smallest absolute Gasteiger partial charge is 0.311 e. The predicted molar refractivity (Wildman–Crippen MR) is 148 cm³/mol. The number of hydrogen-bond donors (Lipinski definition) is 0. The summed E-state index contributed by atoms with van der Waals surface area (Å²) in [5.74, 6) is -0.360. The highest BCUT2D eigenvalue weighted by atomic mass is 16.6. The Bertz CT molecular complexity index is 746. The molecule has 3 unspecified atom stereocenters. The van der Waals surface area contributed by atoms with E-state index in [0.717, 1.165) is 58.3 Å². The normalized spacial score (nSPS) is 22.2. The molecule has 0 aromatic rings. The summed E-state index contributed by atoms with van der Waals surface area (Å²) in [4.78, 5) is 34.4. The minimum atomic E-state index is -0.362. The summed E-state index contributed by atoms with van der Waals surface area (Å²) in [6.07, 6.45) is 5.97. The molecule has 0 bridgehead atoms. The van der Waals surface area contributed by atoms with Crippen LogP contribution in [0.15, 0.2) is 0 Å². The van der Waals surface area contributed by atoms with Crippen molar-refractivity contribution in [1.82, 2.24) is 0 Å². The third-order valence-electron chi connectivity index (χ3n) is 7.73. The average molecular weight is 559 g/mol. The van der Waals surface area contributed by atoms with Gasteiger partial charge in [-0.15, -0.1) is 0 Å². The number of epoxide rings is 1. The van der Waals surface area contributed by atoms with Gasteiger partial charge in [-0.05, 0) is 73.6 Å². The second kappa shape index (κ2) is 16.5. The van der Waals surface area contributed by atoms with Crippen LogP contribution in [0.3, 0.4) is 0 Å². The minimum absolute atomic E-state index is 0.115. The highest BCUT2D eigenvalue weighted by Gasteiger charge is 2.31. The first-order valence-electron chi connectivity index (χ1n) is 14.5. The van der Waals surface area contributed by atoms with Crippen molar-refractivity contribution in [2.24, 2.45) is 16.2 Å². The number of esters is 3. The molecule has 0 aliphatic carbocycles. The Kier molecular flexibility index (Phi) is 15.0. The molecule has 9 heteroatoms. The highest BCUT2D eigenvalue weighted by Crippen LogP contribution is 2.24. The van der Waals surface area contributed by atoms with Crippen molar-refractivity contribution in [1.29, 1.82) is 0 Å². The van der Waals surface area contributed by atoms with E-state index in [1.54, 1.807) is 0 Å². The number of carbonyl (C=O) groups excluding carboxylic acids is 3. The van der Waals surface area contributed by atoms with Crippen LogP contribution in [0.1, 0.15) is 101 Å². The molecule has 3 aliphatic rings. The number of hydrogen-bond acceptors (Lipinski definition) is 9. The topological polar surface area (TPSA) is 110 Å². The van der Waals surface area contributed by atoms with Crippen LogP contribution in [0.2, 0.25) is 0 Å². The van der Waals surface area contributed by atoms with Gasteiger partial charge in [-0.3, -0.25) is 14.4 Å². The summed E-state index contributed by atoms with van der Waals surface area (Å²) in [5, 5.41) is 0. The summed E-state index contributed by atoms with van der Waals surface area (Å²) in [6.45, 7) is 21.0. The molecule has 3 saturated heterocycles. The van der Waals surface area contributed by atoms with Gasteiger partial charge in [-0.1, -0.05) is 20.8 Å². The van der Waals surface area contributed by atoms with Gasteiger partial charge in [-0.2, -0.15) is 0 Å². The summed E-state index contributed by atoms with van der Waals surface area (Å²) < 4.78 is 30.9. The van der Waals surface area contributed by atoms with Crippen molar-refractivity contribution in [3.63, 3.8) is 0 Å².